The van der Waals surface area contributed by atoms with Crippen molar-refractivity contribution in [1.82, 2.24) is 5.32 Å². The molecule has 2 fully saturated rings. The van der Waals surface area contributed by atoms with Crippen molar-refractivity contribution in [3.05, 3.63) is 0 Å². The molecule has 3 nitrogen and oxygen atoms in total. The second kappa shape index (κ2) is 10.4. The molecular weight excluding hydrogens is 274 g/mol. The minimum absolute atomic E-state index is 0.307. The van der Waals surface area contributed by atoms with Crippen molar-refractivity contribution in [3.63, 3.8) is 0 Å². The third kappa shape index (κ3) is 6.37. The third-order valence-electron chi connectivity index (χ3n) is 5.47. The van der Waals surface area contributed by atoms with Crippen molar-refractivity contribution in [2.24, 2.45) is 5.92 Å². The van der Waals surface area contributed by atoms with Gasteiger partial charge in [-0.25, -0.2) is 0 Å². The van der Waals surface area contributed by atoms with Crippen molar-refractivity contribution in [3.8, 4) is 0 Å². The molecule has 2 atom stereocenters. The Balaban J connectivity index is 1.61. The Labute approximate surface area is 136 Å². The van der Waals surface area contributed by atoms with Gasteiger partial charge in [0, 0.05) is 19.1 Å². The van der Waals surface area contributed by atoms with Crippen LogP contribution in [0.15, 0.2) is 0 Å². The van der Waals surface area contributed by atoms with Crippen molar-refractivity contribution in [2.45, 2.75) is 96.1 Å². The molecule has 0 bridgehead atoms. The number of carbonyl (C=O) groups is 1. The fourth-order valence-electron chi connectivity index (χ4n) is 3.98. The van der Waals surface area contributed by atoms with Gasteiger partial charge in [0.15, 0.2) is 0 Å². The maximum atomic E-state index is 11.5. The highest BCUT2D eigenvalue weighted by molar-refractivity contribution is 5.80. The van der Waals surface area contributed by atoms with E-state index in [0.717, 1.165) is 25.4 Å². The smallest absolute Gasteiger partial charge is 0.146 e. The average Bonchev–Trinajstić information content (AvgIpc) is 2.58. The minimum atomic E-state index is 0.307. The van der Waals surface area contributed by atoms with Crippen LogP contribution in [0.25, 0.3) is 0 Å². The lowest BCUT2D eigenvalue weighted by atomic mass is 9.86. The highest BCUT2D eigenvalue weighted by Crippen LogP contribution is 2.27. The summed E-state index contributed by atoms with van der Waals surface area (Å²) in [4.78, 5) is 11.5. The van der Waals surface area contributed by atoms with Gasteiger partial charge in [0.25, 0.3) is 0 Å². The van der Waals surface area contributed by atoms with Gasteiger partial charge in [-0.2, -0.15) is 0 Å². The molecule has 0 aliphatic heterocycles. The molecule has 0 amide bonds. The molecule has 0 radical (unpaired) electrons. The molecule has 3 heteroatoms. The predicted molar refractivity (Wildman–Crippen MR) is 91.1 cm³/mol. The van der Waals surface area contributed by atoms with Gasteiger partial charge in [-0.15, -0.1) is 0 Å². The summed E-state index contributed by atoms with van der Waals surface area (Å²) in [6, 6.07) is 0.388. The van der Waals surface area contributed by atoms with Crippen LogP contribution < -0.4 is 5.32 Å². The number of rotatable bonds is 9. The van der Waals surface area contributed by atoms with Crippen LogP contribution in [0.3, 0.4) is 0 Å². The van der Waals surface area contributed by atoms with Gasteiger partial charge in [-0.1, -0.05) is 51.9 Å². The van der Waals surface area contributed by atoms with Crippen molar-refractivity contribution < 1.29 is 9.53 Å². The van der Waals surface area contributed by atoms with E-state index in [0.29, 0.717) is 30.9 Å². The highest BCUT2D eigenvalue weighted by atomic mass is 16.5. The van der Waals surface area contributed by atoms with E-state index in [1.807, 2.05) is 6.92 Å². The summed E-state index contributed by atoms with van der Waals surface area (Å²) >= 11 is 0. The van der Waals surface area contributed by atoms with Gasteiger partial charge in [-0.3, -0.25) is 4.79 Å². The monoisotopic (exact) mass is 309 g/mol. The minimum Gasteiger partial charge on any atom is -0.377 e. The van der Waals surface area contributed by atoms with E-state index in [1.165, 1.54) is 57.8 Å². The molecule has 1 N–H and O–H groups in total. The predicted octanol–water partition coefficient (Wildman–Crippen LogP) is 4.24. The topological polar surface area (TPSA) is 38.3 Å². The Morgan fingerprint density at radius 1 is 1.05 bits per heavy atom. The summed E-state index contributed by atoms with van der Waals surface area (Å²) in [5.41, 5.74) is 0. The van der Waals surface area contributed by atoms with Gasteiger partial charge in [0.1, 0.15) is 5.78 Å². The molecule has 22 heavy (non-hydrogen) atoms. The normalized spacial score (nSPS) is 27.0. The first-order chi connectivity index (χ1) is 10.8. The highest BCUT2D eigenvalue weighted by Gasteiger charge is 2.25. The summed E-state index contributed by atoms with van der Waals surface area (Å²) in [6.45, 7) is 3.36. The van der Waals surface area contributed by atoms with Crippen LogP contribution in [0.4, 0.5) is 0 Å². The van der Waals surface area contributed by atoms with Crippen molar-refractivity contribution in [2.75, 3.05) is 13.2 Å². The fourth-order valence-corrected chi connectivity index (χ4v) is 3.98. The van der Waals surface area contributed by atoms with E-state index in [1.54, 1.807) is 0 Å². The van der Waals surface area contributed by atoms with Crippen LogP contribution >= 0.6 is 0 Å². The number of hydrogen-bond donors (Lipinski definition) is 1. The first kappa shape index (κ1) is 17.9. The van der Waals surface area contributed by atoms with Gasteiger partial charge < -0.3 is 10.1 Å². The molecule has 128 valence electrons. The van der Waals surface area contributed by atoms with E-state index in [2.05, 4.69) is 5.32 Å². The molecule has 0 saturated heterocycles. The Kier molecular flexibility index (Phi) is 8.46. The Bertz CT molecular complexity index is 313. The molecular formula is C19H35NO2. The standard InChI is InChI=1S/C19H35NO2/c1-2-17(21)15-20-18-12-6-7-13-19(18)22-14-8-11-16-9-4-3-5-10-16/h16,18-20H,2-15H2,1H3. The summed E-state index contributed by atoms with van der Waals surface area (Å²) in [7, 11) is 0. The van der Waals surface area contributed by atoms with Gasteiger partial charge >= 0.3 is 0 Å². The Morgan fingerprint density at radius 3 is 2.55 bits per heavy atom. The lowest BCUT2D eigenvalue weighted by Crippen LogP contribution is -2.45. The zero-order valence-electron chi connectivity index (χ0n) is 14.4. The molecule has 0 heterocycles. The average molecular weight is 309 g/mol. The number of ether oxygens (including phenoxy) is 1. The fraction of sp³-hybridized carbons (Fsp3) is 0.947. The summed E-state index contributed by atoms with van der Waals surface area (Å²) in [6.07, 6.45) is 15.5. The molecule has 2 aliphatic rings. The zero-order chi connectivity index (χ0) is 15.6. The number of nitrogens with one attached hydrogen (secondary N) is 1. The second-order valence-electron chi connectivity index (χ2n) is 7.22. The largest absolute Gasteiger partial charge is 0.377 e. The van der Waals surface area contributed by atoms with Gasteiger partial charge in [0.05, 0.1) is 12.6 Å². The summed E-state index contributed by atoms with van der Waals surface area (Å²) < 4.78 is 6.18. The van der Waals surface area contributed by atoms with Crippen molar-refractivity contribution in [1.29, 1.82) is 0 Å². The van der Waals surface area contributed by atoms with E-state index in [4.69, 9.17) is 4.74 Å². The van der Waals surface area contributed by atoms with E-state index in [9.17, 15) is 4.79 Å². The maximum Gasteiger partial charge on any atom is 0.146 e. The first-order valence-corrected chi connectivity index (χ1v) is 9.66. The third-order valence-corrected chi connectivity index (χ3v) is 5.47. The lowest BCUT2D eigenvalue weighted by molar-refractivity contribution is -0.118. The maximum absolute atomic E-state index is 11.5. The van der Waals surface area contributed by atoms with Crippen LogP contribution in [-0.4, -0.2) is 31.1 Å². The molecule has 2 aliphatic carbocycles. The van der Waals surface area contributed by atoms with E-state index in [-0.39, 0.29) is 0 Å². The number of Topliss-reactive ketones (excluding diaryl/α,β-unsaturated/α-hetero) is 1. The van der Waals surface area contributed by atoms with Crippen LogP contribution in [0, 0.1) is 5.92 Å². The van der Waals surface area contributed by atoms with Crippen molar-refractivity contribution >= 4 is 5.78 Å². The SMILES string of the molecule is CCC(=O)CNC1CCCCC1OCCCC1CCCCC1. The molecule has 0 aromatic rings. The number of carbonyl (C=O) groups excluding carboxylic acids is 1. The lowest BCUT2D eigenvalue weighted by Gasteiger charge is -2.32. The van der Waals surface area contributed by atoms with E-state index >= 15 is 0 Å². The number of ketones is 1. The Morgan fingerprint density at radius 2 is 1.77 bits per heavy atom. The molecule has 2 rings (SSSR count). The molecule has 2 unspecified atom stereocenters. The molecule has 0 aromatic heterocycles. The summed E-state index contributed by atoms with van der Waals surface area (Å²) in [5.74, 6) is 1.27. The first-order valence-electron chi connectivity index (χ1n) is 9.66. The molecule has 0 spiro atoms. The van der Waals surface area contributed by atoms with Crippen LogP contribution in [0.1, 0.15) is 84.0 Å². The number of hydrogen-bond acceptors (Lipinski definition) is 3. The van der Waals surface area contributed by atoms with Gasteiger partial charge in [-0.05, 0) is 31.6 Å². The van der Waals surface area contributed by atoms with Crippen LogP contribution in [-0.2, 0) is 9.53 Å². The van der Waals surface area contributed by atoms with Crippen LogP contribution in [0.2, 0.25) is 0 Å². The second-order valence-corrected chi connectivity index (χ2v) is 7.22. The molecule has 2 saturated carbocycles. The quantitative estimate of drug-likeness (QED) is 0.647. The molecule has 0 aromatic carbocycles. The van der Waals surface area contributed by atoms with Crippen LogP contribution in [0.5, 0.6) is 0 Å². The Hall–Kier alpha value is -0.410. The zero-order valence-corrected chi connectivity index (χ0v) is 14.4. The van der Waals surface area contributed by atoms with E-state index < -0.39 is 0 Å². The van der Waals surface area contributed by atoms with Gasteiger partial charge in [0.2, 0.25) is 0 Å². The summed E-state index contributed by atoms with van der Waals surface area (Å²) in [5, 5.41) is 3.44.